The van der Waals surface area contributed by atoms with E-state index in [1.807, 2.05) is 12.3 Å². The highest BCUT2D eigenvalue weighted by molar-refractivity contribution is 6.39. The van der Waals surface area contributed by atoms with Crippen LogP contribution in [0.2, 0.25) is 5.15 Å². The highest BCUT2D eigenvalue weighted by atomic mass is 35.5. The summed E-state index contributed by atoms with van der Waals surface area (Å²) in [4.78, 5) is 17.9. The number of piperidine rings is 1. The first-order chi connectivity index (χ1) is 12.0. The number of halogens is 1. The Morgan fingerprint density at radius 2 is 1.88 bits per heavy atom. The number of aromatic nitrogens is 3. The Labute approximate surface area is 154 Å². The van der Waals surface area contributed by atoms with Crippen LogP contribution in [0.15, 0.2) is 30.7 Å². The molecule has 9 heteroatoms. The number of ether oxygens (including phenoxy) is 1. The van der Waals surface area contributed by atoms with Gasteiger partial charge >= 0.3 is 0 Å². The standard InChI is InChI=1S/C16H20B2ClN5O/c1-25-15-3-2-10(5-22-15)16(17,18)24-11-4-12(24)9-23(8-11)14-7-20-13(19)6-21-14/h2-3,5-7,11-12H,4,8-9,17-18H2,1H3. The largest absolute Gasteiger partial charge is 0.481 e. The molecule has 3 aliphatic heterocycles. The molecule has 2 unspecified atom stereocenters. The van der Waals surface area contributed by atoms with Gasteiger partial charge in [-0.1, -0.05) is 17.7 Å². The molecule has 0 amide bonds. The number of anilines is 1. The summed E-state index contributed by atoms with van der Waals surface area (Å²) in [7, 11) is 6.18. The number of rotatable bonds is 4. The molecule has 128 valence electrons. The van der Waals surface area contributed by atoms with Crippen molar-refractivity contribution in [1.82, 2.24) is 19.9 Å². The number of hydrogen-bond acceptors (Lipinski definition) is 6. The summed E-state index contributed by atoms with van der Waals surface area (Å²) in [5.41, 5.74) is 1.21. The van der Waals surface area contributed by atoms with E-state index < -0.39 is 0 Å². The van der Waals surface area contributed by atoms with Crippen LogP contribution in [0.3, 0.4) is 0 Å². The molecule has 5 rings (SSSR count). The molecule has 5 heterocycles. The second-order valence-electron chi connectivity index (χ2n) is 7.20. The van der Waals surface area contributed by atoms with Crippen LogP contribution in [0, 0.1) is 0 Å². The molecule has 3 saturated heterocycles. The van der Waals surface area contributed by atoms with Crippen LogP contribution < -0.4 is 9.64 Å². The van der Waals surface area contributed by atoms with E-state index in [2.05, 4.69) is 46.5 Å². The van der Waals surface area contributed by atoms with Gasteiger partial charge in [0.25, 0.3) is 0 Å². The van der Waals surface area contributed by atoms with Crippen molar-refractivity contribution in [1.29, 1.82) is 0 Å². The Kier molecular flexibility index (Phi) is 4.12. The van der Waals surface area contributed by atoms with E-state index in [4.69, 9.17) is 16.3 Å². The Hall–Kier alpha value is -1.79. The van der Waals surface area contributed by atoms with Crippen LogP contribution in [-0.4, -0.2) is 67.8 Å². The van der Waals surface area contributed by atoms with Crippen molar-refractivity contribution in [3.63, 3.8) is 0 Å². The van der Waals surface area contributed by atoms with Crippen molar-refractivity contribution < 1.29 is 4.74 Å². The third kappa shape index (κ3) is 2.87. The van der Waals surface area contributed by atoms with E-state index in [0.29, 0.717) is 23.1 Å². The number of fused-ring (bicyclic) bond motifs is 2. The second kappa shape index (κ2) is 6.18. The van der Waals surface area contributed by atoms with Crippen LogP contribution in [0.4, 0.5) is 5.82 Å². The zero-order chi connectivity index (χ0) is 17.6. The summed E-state index contributed by atoms with van der Waals surface area (Å²) in [5.74, 6) is 1.55. The summed E-state index contributed by atoms with van der Waals surface area (Å²) in [6.07, 6.45) is 6.53. The third-order valence-electron chi connectivity index (χ3n) is 5.42. The lowest BCUT2D eigenvalue weighted by Crippen LogP contribution is -2.74. The van der Waals surface area contributed by atoms with Gasteiger partial charge in [-0.25, -0.2) is 15.0 Å². The molecule has 0 aliphatic carbocycles. The lowest BCUT2D eigenvalue weighted by atomic mass is 9.54. The van der Waals surface area contributed by atoms with Crippen LogP contribution >= 0.6 is 11.6 Å². The zero-order valence-electron chi connectivity index (χ0n) is 14.7. The number of hydrogen-bond donors (Lipinski definition) is 0. The molecule has 2 aromatic heterocycles. The first kappa shape index (κ1) is 16.7. The number of nitrogens with zero attached hydrogens (tertiary/aromatic N) is 5. The monoisotopic (exact) mass is 355 g/mol. The predicted octanol–water partition coefficient (Wildman–Crippen LogP) is -0.127. The van der Waals surface area contributed by atoms with Gasteiger partial charge in [-0.2, -0.15) is 0 Å². The molecule has 2 aromatic rings. The minimum absolute atomic E-state index is 0.0649. The second-order valence-corrected chi connectivity index (χ2v) is 7.59. The third-order valence-corrected chi connectivity index (χ3v) is 5.62. The maximum Gasteiger partial charge on any atom is 0.212 e. The summed E-state index contributed by atoms with van der Waals surface area (Å²) in [6.45, 7) is 1.92. The molecular weight excluding hydrogens is 335 g/mol. The Balaban J connectivity index is 1.50. The molecule has 3 fully saturated rings. The van der Waals surface area contributed by atoms with Gasteiger partial charge in [-0.3, -0.25) is 4.90 Å². The lowest BCUT2D eigenvalue weighted by molar-refractivity contribution is -0.0304. The van der Waals surface area contributed by atoms with Gasteiger partial charge in [0.1, 0.15) is 26.7 Å². The van der Waals surface area contributed by atoms with Crippen molar-refractivity contribution in [2.24, 2.45) is 0 Å². The van der Waals surface area contributed by atoms with E-state index in [0.717, 1.165) is 18.9 Å². The summed E-state index contributed by atoms with van der Waals surface area (Å²) < 4.78 is 5.18. The fourth-order valence-corrected chi connectivity index (χ4v) is 4.29. The normalized spacial score (nSPS) is 23.2. The van der Waals surface area contributed by atoms with Crippen molar-refractivity contribution in [2.45, 2.75) is 23.8 Å². The molecule has 2 bridgehead atoms. The molecule has 25 heavy (non-hydrogen) atoms. The smallest absolute Gasteiger partial charge is 0.212 e. The quantitative estimate of drug-likeness (QED) is 0.713. The Bertz CT molecular complexity index is 746. The summed E-state index contributed by atoms with van der Waals surface area (Å²) in [5, 5.41) is 0.366. The molecule has 0 saturated carbocycles. The van der Waals surface area contributed by atoms with E-state index in [1.54, 1.807) is 19.5 Å². The molecule has 6 nitrogen and oxygen atoms in total. The van der Waals surface area contributed by atoms with Crippen LogP contribution in [0.5, 0.6) is 5.88 Å². The highest BCUT2D eigenvalue weighted by Gasteiger charge is 2.51. The number of methoxy groups -OCH3 is 1. The molecule has 0 spiro atoms. The topological polar surface area (TPSA) is 54.4 Å². The van der Waals surface area contributed by atoms with Crippen molar-refractivity contribution >= 4 is 33.1 Å². The van der Waals surface area contributed by atoms with Crippen molar-refractivity contribution in [3.8, 4) is 5.88 Å². The highest BCUT2D eigenvalue weighted by Crippen LogP contribution is 2.41. The summed E-state index contributed by atoms with van der Waals surface area (Å²) in [6, 6.07) is 5.06. The zero-order valence-corrected chi connectivity index (χ0v) is 15.4. The van der Waals surface area contributed by atoms with E-state index in [1.165, 1.54) is 12.0 Å². The Morgan fingerprint density at radius 3 is 2.44 bits per heavy atom. The van der Waals surface area contributed by atoms with E-state index in [9.17, 15) is 0 Å². The SMILES string of the molecule is BC(B)(c1ccc(OC)nc1)N1C2CC1CN(c1cnc(Cl)cn1)C2. The van der Waals surface area contributed by atoms with Crippen molar-refractivity contribution in [2.75, 3.05) is 25.1 Å². The number of piperazine rings is 1. The van der Waals surface area contributed by atoms with Gasteiger partial charge in [0, 0.05) is 37.4 Å². The van der Waals surface area contributed by atoms with Gasteiger partial charge < -0.3 is 9.64 Å². The molecule has 3 aliphatic rings. The first-order valence-corrected chi connectivity index (χ1v) is 8.88. The van der Waals surface area contributed by atoms with E-state index >= 15 is 0 Å². The molecule has 2 atom stereocenters. The molecule has 0 aromatic carbocycles. The molecule has 0 N–H and O–H groups in total. The average Bonchev–Trinajstić information content (AvgIpc) is 2.62. The van der Waals surface area contributed by atoms with Crippen LogP contribution in [-0.2, 0) is 5.34 Å². The van der Waals surface area contributed by atoms with Gasteiger partial charge in [0.2, 0.25) is 5.88 Å². The first-order valence-electron chi connectivity index (χ1n) is 8.50. The maximum absolute atomic E-state index is 5.85. The molecule has 0 radical (unpaired) electrons. The lowest BCUT2D eigenvalue weighted by Gasteiger charge is -2.62. The van der Waals surface area contributed by atoms with Gasteiger partial charge in [0.15, 0.2) is 0 Å². The maximum atomic E-state index is 5.85. The van der Waals surface area contributed by atoms with Crippen LogP contribution in [0.1, 0.15) is 12.0 Å². The van der Waals surface area contributed by atoms with Gasteiger partial charge in [0.05, 0.1) is 19.5 Å². The minimum Gasteiger partial charge on any atom is -0.481 e. The fourth-order valence-electron chi connectivity index (χ4n) is 4.19. The predicted molar refractivity (Wildman–Crippen MR) is 103 cm³/mol. The molecular formula is C16H20B2ClN5O. The fraction of sp³-hybridized carbons (Fsp3) is 0.438. The van der Waals surface area contributed by atoms with E-state index in [-0.39, 0.29) is 5.34 Å². The van der Waals surface area contributed by atoms with Gasteiger partial charge in [-0.15, -0.1) is 0 Å². The minimum atomic E-state index is -0.0649. The average molecular weight is 355 g/mol. The van der Waals surface area contributed by atoms with Crippen LogP contribution in [0.25, 0.3) is 0 Å². The Morgan fingerprint density at radius 1 is 1.12 bits per heavy atom. The van der Waals surface area contributed by atoms with Gasteiger partial charge in [-0.05, 0) is 17.3 Å². The summed E-state index contributed by atoms with van der Waals surface area (Å²) >= 11 is 5.85. The number of pyridine rings is 1. The van der Waals surface area contributed by atoms with Crippen molar-refractivity contribution in [3.05, 3.63) is 41.4 Å².